The molecule has 1 aliphatic heterocycles. The Morgan fingerprint density at radius 3 is 2.53 bits per heavy atom. The largest absolute Gasteiger partial charge is 0.376 e. The molecule has 106 valence electrons. The molecule has 0 aromatic heterocycles. The van der Waals surface area contributed by atoms with Crippen molar-refractivity contribution < 1.29 is 14.3 Å². The smallest absolute Gasteiger partial charge is 0.248 e. The Morgan fingerprint density at radius 2 is 2.05 bits per heavy atom. The minimum absolute atomic E-state index is 0.0421. The minimum atomic E-state index is -0.686. The van der Waals surface area contributed by atoms with Gasteiger partial charge in [0.15, 0.2) is 0 Å². The van der Waals surface area contributed by atoms with Gasteiger partial charge in [0.05, 0.1) is 18.7 Å². The number of methoxy groups -OCH3 is 1. The van der Waals surface area contributed by atoms with Crippen molar-refractivity contribution in [1.29, 1.82) is 0 Å². The molecule has 0 aromatic carbocycles. The highest BCUT2D eigenvalue weighted by molar-refractivity contribution is 5.98. The van der Waals surface area contributed by atoms with E-state index in [4.69, 9.17) is 4.74 Å². The summed E-state index contributed by atoms with van der Waals surface area (Å²) < 4.78 is 5.58. The van der Waals surface area contributed by atoms with Gasteiger partial charge < -0.3 is 15.0 Å². The van der Waals surface area contributed by atoms with Crippen molar-refractivity contribution >= 4 is 11.8 Å². The molecular weight excluding hydrogens is 244 g/mol. The van der Waals surface area contributed by atoms with Crippen LogP contribution in [-0.4, -0.2) is 48.1 Å². The van der Waals surface area contributed by atoms with E-state index in [1.165, 1.54) is 0 Å². The van der Waals surface area contributed by atoms with Crippen molar-refractivity contribution in [3.63, 3.8) is 0 Å². The van der Waals surface area contributed by atoms with Gasteiger partial charge in [-0.1, -0.05) is 0 Å². The van der Waals surface area contributed by atoms with Crippen molar-refractivity contribution in [1.82, 2.24) is 10.2 Å². The van der Waals surface area contributed by atoms with E-state index in [9.17, 15) is 9.59 Å². The molecule has 1 saturated heterocycles. The number of nitrogens with zero attached hydrogens (tertiary/aromatic N) is 1. The average molecular weight is 266 g/mol. The minimum Gasteiger partial charge on any atom is -0.376 e. The van der Waals surface area contributed by atoms with Crippen LogP contribution in [0.1, 0.15) is 39.0 Å². The SMILES string of the molecule is COC1(CN2CC(=O)NC(C)(C3CC3)C2=O)CCC1. The molecule has 0 bridgehead atoms. The monoisotopic (exact) mass is 266 g/mol. The third kappa shape index (κ3) is 2.04. The van der Waals surface area contributed by atoms with Crippen LogP contribution in [0.5, 0.6) is 0 Å². The lowest BCUT2D eigenvalue weighted by atomic mass is 9.79. The molecule has 0 spiro atoms. The third-order valence-corrected chi connectivity index (χ3v) is 5.04. The van der Waals surface area contributed by atoms with E-state index in [0.29, 0.717) is 12.5 Å². The number of rotatable bonds is 4. The fraction of sp³-hybridized carbons (Fsp3) is 0.857. The highest BCUT2D eigenvalue weighted by Gasteiger charge is 2.54. The Bertz CT molecular complexity index is 409. The summed E-state index contributed by atoms with van der Waals surface area (Å²) in [4.78, 5) is 26.3. The topological polar surface area (TPSA) is 58.6 Å². The zero-order chi connectivity index (χ0) is 13.7. The van der Waals surface area contributed by atoms with E-state index in [2.05, 4.69) is 5.32 Å². The number of ether oxygens (including phenoxy) is 1. The molecule has 5 heteroatoms. The predicted octanol–water partition coefficient (Wildman–Crippen LogP) is 0.683. The predicted molar refractivity (Wildman–Crippen MR) is 69.4 cm³/mol. The van der Waals surface area contributed by atoms with Gasteiger partial charge >= 0.3 is 0 Å². The normalized spacial score (nSPS) is 33.9. The second-order valence-corrected chi connectivity index (χ2v) is 6.43. The number of piperazine rings is 1. The molecule has 1 N–H and O–H groups in total. The van der Waals surface area contributed by atoms with Crippen LogP contribution in [0.15, 0.2) is 0 Å². The van der Waals surface area contributed by atoms with E-state index >= 15 is 0 Å². The average Bonchev–Trinajstić information content (AvgIpc) is 3.14. The lowest BCUT2D eigenvalue weighted by Crippen LogP contribution is -2.68. The van der Waals surface area contributed by atoms with E-state index < -0.39 is 5.54 Å². The lowest BCUT2D eigenvalue weighted by molar-refractivity contribution is -0.158. The number of nitrogens with one attached hydrogen (secondary N) is 1. The maximum atomic E-state index is 12.7. The highest BCUT2D eigenvalue weighted by atomic mass is 16.5. The summed E-state index contributed by atoms with van der Waals surface area (Å²) in [6.07, 6.45) is 5.17. The first kappa shape index (κ1) is 12.9. The number of carbonyl (C=O) groups excluding carboxylic acids is 2. The molecule has 2 saturated carbocycles. The molecule has 2 amide bonds. The number of carbonyl (C=O) groups is 2. The van der Waals surface area contributed by atoms with Gasteiger partial charge in [-0.15, -0.1) is 0 Å². The van der Waals surface area contributed by atoms with Crippen molar-refractivity contribution in [2.75, 3.05) is 20.2 Å². The van der Waals surface area contributed by atoms with Gasteiger partial charge in [0, 0.05) is 7.11 Å². The zero-order valence-corrected chi connectivity index (χ0v) is 11.7. The Balaban J connectivity index is 1.77. The van der Waals surface area contributed by atoms with Gasteiger partial charge in [-0.3, -0.25) is 9.59 Å². The number of hydrogen-bond acceptors (Lipinski definition) is 3. The van der Waals surface area contributed by atoms with E-state index in [-0.39, 0.29) is 24.0 Å². The highest BCUT2D eigenvalue weighted by Crippen LogP contribution is 2.42. The fourth-order valence-electron chi connectivity index (χ4n) is 3.37. The molecule has 1 unspecified atom stereocenters. The fourth-order valence-corrected chi connectivity index (χ4v) is 3.37. The molecule has 3 fully saturated rings. The maximum Gasteiger partial charge on any atom is 0.248 e. The lowest BCUT2D eigenvalue weighted by Gasteiger charge is -2.47. The van der Waals surface area contributed by atoms with Crippen molar-refractivity contribution in [3.8, 4) is 0 Å². The van der Waals surface area contributed by atoms with Crippen LogP contribution in [0.4, 0.5) is 0 Å². The van der Waals surface area contributed by atoms with Crippen LogP contribution in [0, 0.1) is 5.92 Å². The standard InChI is InChI=1S/C14H22N2O3/c1-13(10-4-5-10)12(18)16(8-11(17)15-13)9-14(19-2)6-3-7-14/h10H,3-9H2,1-2H3,(H,15,17). The first-order chi connectivity index (χ1) is 8.99. The van der Waals surface area contributed by atoms with Crippen LogP contribution < -0.4 is 5.32 Å². The second-order valence-electron chi connectivity index (χ2n) is 6.43. The van der Waals surface area contributed by atoms with Gasteiger partial charge in [0.1, 0.15) is 5.54 Å². The first-order valence-corrected chi connectivity index (χ1v) is 7.15. The van der Waals surface area contributed by atoms with Crippen molar-refractivity contribution in [2.45, 2.75) is 50.2 Å². The molecule has 19 heavy (non-hydrogen) atoms. The molecule has 5 nitrogen and oxygen atoms in total. The summed E-state index contributed by atoms with van der Waals surface area (Å²) in [5.74, 6) is 0.337. The van der Waals surface area contributed by atoms with Gasteiger partial charge in [-0.05, 0) is 44.9 Å². The van der Waals surface area contributed by atoms with E-state index in [1.807, 2.05) is 6.92 Å². The Morgan fingerprint density at radius 1 is 1.37 bits per heavy atom. The van der Waals surface area contributed by atoms with Crippen LogP contribution in [-0.2, 0) is 14.3 Å². The molecule has 0 aromatic rings. The van der Waals surface area contributed by atoms with Crippen molar-refractivity contribution in [2.24, 2.45) is 5.92 Å². The quantitative estimate of drug-likeness (QED) is 0.814. The second kappa shape index (κ2) is 4.20. The van der Waals surface area contributed by atoms with Crippen LogP contribution >= 0.6 is 0 Å². The van der Waals surface area contributed by atoms with Crippen LogP contribution in [0.25, 0.3) is 0 Å². The number of hydrogen-bond donors (Lipinski definition) is 1. The molecule has 3 rings (SSSR count). The molecule has 3 aliphatic rings. The Kier molecular flexibility index (Phi) is 2.85. The third-order valence-electron chi connectivity index (χ3n) is 5.04. The summed E-state index contributed by atoms with van der Waals surface area (Å²) in [5, 5.41) is 2.90. The molecule has 1 atom stereocenters. The summed E-state index contributed by atoms with van der Waals surface area (Å²) in [5.41, 5.74) is -0.897. The van der Waals surface area contributed by atoms with Crippen LogP contribution in [0.2, 0.25) is 0 Å². The summed E-state index contributed by atoms with van der Waals surface area (Å²) in [6, 6.07) is 0. The van der Waals surface area contributed by atoms with Gasteiger partial charge in [0.2, 0.25) is 11.8 Å². The summed E-state index contributed by atoms with van der Waals surface area (Å²) in [7, 11) is 1.70. The summed E-state index contributed by atoms with van der Waals surface area (Å²) in [6.45, 7) is 2.60. The van der Waals surface area contributed by atoms with Gasteiger partial charge in [-0.25, -0.2) is 0 Å². The van der Waals surface area contributed by atoms with Gasteiger partial charge in [-0.2, -0.15) is 0 Å². The van der Waals surface area contributed by atoms with E-state index in [1.54, 1.807) is 12.0 Å². The number of amides is 2. The Labute approximate surface area is 113 Å². The zero-order valence-electron chi connectivity index (χ0n) is 11.7. The van der Waals surface area contributed by atoms with Crippen molar-refractivity contribution in [3.05, 3.63) is 0 Å². The van der Waals surface area contributed by atoms with E-state index in [0.717, 1.165) is 32.1 Å². The molecule has 2 aliphatic carbocycles. The Hall–Kier alpha value is -1.10. The molecular formula is C14H22N2O3. The first-order valence-electron chi connectivity index (χ1n) is 7.15. The van der Waals surface area contributed by atoms with Gasteiger partial charge in [0.25, 0.3) is 0 Å². The molecule has 0 radical (unpaired) electrons. The van der Waals surface area contributed by atoms with Crippen LogP contribution in [0.3, 0.4) is 0 Å². The summed E-state index contributed by atoms with van der Waals surface area (Å²) >= 11 is 0. The molecule has 1 heterocycles. The maximum absolute atomic E-state index is 12.7.